The van der Waals surface area contributed by atoms with Crippen LogP contribution in [0.1, 0.15) is 29.3 Å². The summed E-state index contributed by atoms with van der Waals surface area (Å²) >= 11 is 0. The van der Waals surface area contributed by atoms with Crippen molar-refractivity contribution in [3.63, 3.8) is 0 Å². The Morgan fingerprint density at radius 1 is 1.09 bits per heavy atom. The maximum atomic E-state index is 14.6. The van der Waals surface area contributed by atoms with Crippen molar-refractivity contribution in [1.82, 2.24) is 0 Å². The maximum absolute atomic E-state index is 14.6. The van der Waals surface area contributed by atoms with Gasteiger partial charge in [0.15, 0.2) is 0 Å². The minimum atomic E-state index is -1.27. The Balaban J connectivity index is 1.70. The van der Waals surface area contributed by atoms with Gasteiger partial charge in [-0.3, -0.25) is 14.5 Å². The minimum absolute atomic E-state index is 0.121. The number of fused-ring (bicyclic) bond motifs is 1. The van der Waals surface area contributed by atoms with Crippen LogP contribution in [0.2, 0.25) is 0 Å². The Morgan fingerprint density at radius 2 is 1.94 bits per heavy atom. The first-order valence-electron chi connectivity index (χ1n) is 10.0. The highest BCUT2D eigenvalue weighted by atomic mass is 19.1. The van der Waals surface area contributed by atoms with Crippen molar-refractivity contribution in [3.8, 4) is 5.75 Å². The number of aliphatic hydroxyl groups excluding tert-OH is 1. The largest absolute Gasteiger partial charge is 0.507 e. The molecule has 3 aromatic rings. The Labute approximate surface area is 181 Å². The van der Waals surface area contributed by atoms with Crippen LogP contribution in [0.4, 0.5) is 14.5 Å². The fourth-order valence-electron chi connectivity index (χ4n) is 4.13. The van der Waals surface area contributed by atoms with Crippen molar-refractivity contribution >= 4 is 23.1 Å². The summed E-state index contributed by atoms with van der Waals surface area (Å²) in [5.74, 6) is -3.42. The molecule has 5 rings (SSSR count). The highest BCUT2D eigenvalue weighted by molar-refractivity contribution is 6.51. The number of halogens is 2. The number of rotatable bonds is 3. The molecule has 0 spiro atoms. The monoisotopic (exact) mass is 437 g/mol. The molecule has 0 bridgehead atoms. The van der Waals surface area contributed by atoms with Gasteiger partial charge in [-0.2, -0.15) is 0 Å². The van der Waals surface area contributed by atoms with Crippen LogP contribution in [0.15, 0.2) is 64.8 Å². The van der Waals surface area contributed by atoms with Gasteiger partial charge in [0, 0.05) is 11.6 Å². The van der Waals surface area contributed by atoms with Crippen LogP contribution >= 0.6 is 0 Å². The van der Waals surface area contributed by atoms with Crippen molar-refractivity contribution in [2.24, 2.45) is 0 Å². The van der Waals surface area contributed by atoms with Gasteiger partial charge in [0.2, 0.25) is 0 Å². The van der Waals surface area contributed by atoms with Crippen molar-refractivity contribution in [2.75, 3.05) is 11.5 Å². The number of nitrogens with zero attached hydrogens (tertiary/aromatic N) is 1. The summed E-state index contributed by atoms with van der Waals surface area (Å²) in [4.78, 5) is 26.7. The van der Waals surface area contributed by atoms with Gasteiger partial charge in [-0.25, -0.2) is 8.78 Å². The first-order valence-corrected chi connectivity index (χ1v) is 10.0. The number of anilines is 1. The molecule has 6 nitrogen and oxygen atoms in total. The Morgan fingerprint density at radius 3 is 2.72 bits per heavy atom. The van der Waals surface area contributed by atoms with Gasteiger partial charge in [0.1, 0.15) is 34.9 Å². The number of ketones is 1. The van der Waals surface area contributed by atoms with Gasteiger partial charge in [-0.1, -0.05) is 0 Å². The molecule has 0 aliphatic carbocycles. The number of carbonyl (C=O) groups excluding carboxylic acids is 2. The second-order valence-corrected chi connectivity index (χ2v) is 7.55. The molecule has 1 atom stereocenters. The van der Waals surface area contributed by atoms with E-state index in [0.29, 0.717) is 17.9 Å². The van der Waals surface area contributed by atoms with E-state index in [4.69, 9.17) is 9.15 Å². The topological polar surface area (TPSA) is 80.0 Å². The SMILES string of the molecule is O=C1C(=O)N(c2cc(F)ccc2F)C(c2ccco2)/C1=C(/O)c1ccc2c(c1)CCCO2. The average Bonchev–Trinajstić information content (AvgIpc) is 3.42. The summed E-state index contributed by atoms with van der Waals surface area (Å²) in [6, 6.07) is 9.32. The van der Waals surface area contributed by atoms with Crippen molar-refractivity contribution in [1.29, 1.82) is 0 Å². The quantitative estimate of drug-likeness (QED) is 0.371. The van der Waals surface area contributed by atoms with Gasteiger partial charge in [-0.05, 0) is 60.9 Å². The van der Waals surface area contributed by atoms with Crippen LogP contribution in [0.3, 0.4) is 0 Å². The summed E-state index contributed by atoms with van der Waals surface area (Å²) in [7, 11) is 0. The summed E-state index contributed by atoms with van der Waals surface area (Å²) in [6.45, 7) is 0.598. The van der Waals surface area contributed by atoms with Crippen LogP contribution in [0, 0.1) is 11.6 Å². The number of hydrogen-bond acceptors (Lipinski definition) is 5. The number of aliphatic hydroxyl groups is 1. The van der Waals surface area contributed by atoms with E-state index in [1.54, 1.807) is 18.2 Å². The zero-order valence-electron chi connectivity index (χ0n) is 16.7. The molecule has 32 heavy (non-hydrogen) atoms. The van der Waals surface area contributed by atoms with Crippen molar-refractivity contribution in [3.05, 3.63) is 88.9 Å². The van der Waals surface area contributed by atoms with Crippen LogP contribution in [-0.4, -0.2) is 23.4 Å². The van der Waals surface area contributed by atoms with E-state index >= 15 is 0 Å². The number of ether oxygens (including phenoxy) is 1. The number of furan rings is 1. The molecule has 0 saturated carbocycles. The number of amides is 1. The molecule has 162 valence electrons. The lowest BCUT2D eigenvalue weighted by atomic mass is 9.96. The average molecular weight is 437 g/mol. The van der Waals surface area contributed by atoms with E-state index in [1.807, 2.05) is 0 Å². The molecule has 2 aliphatic heterocycles. The van der Waals surface area contributed by atoms with Crippen molar-refractivity contribution < 1.29 is 32.6 Å². The predicted octanol–water partition coefficient (Wildman–Crippen LogP) is 4.51. The van der Waals surface area contributed by atoms with E-state index in [1.165, 1.54) is 18.4 Å². The van der Waals surface area contributed by atoms with Gasteiger partial charge < -0.3 is 14.3 Å². The molecule has 2 aliphatic rings. The number of carbonyl (C=O) groups is 2. The summed E-state index contributed by atoms with van der Waals surface area (Å²) < 4.78 is 39.5. The molecular formula is C24H17F2NO5. The van der Waals surface area contributed by atoms with E-state index in [2.05, 4.69) is 0 Å². The first kappa shape index (κ1) is 20.0. The van der Waals surface area contributed by atoms with Gasteiger partial charge in [0.05, 0.1) is 24.1 Å². The first-order chi connectivity index (χ1) is 15.5. The zero-order valence-corrected chi connectivity index (χ0v) is 16.7. The zero-order chi connectivity index (χ0) is 22.4. The molecule has 2 aromatic carbocycles. The van der Waals surface area contributed by atoms with Crippen LogP contribution in [0.5, 0.6) is 5.75 Å². The molecule has 1 fully saturated rings. The summed E-state index contributed by atoms with van der Waals surface area (Å²) in [5.41, 5.74) is 0.473. The summed E-state index contributed by atoms with van der Waals surface area (Å²) in [5, 5.41) is 11.1. The molecule has 1 aromatic heterocycles. The molecule has 1 unspecified atom stereocenters. The molecule has 1 N–H and O–H groups in total. The molecule has 0 radical (unpaired) electrons. The smallest absolute Gasteiger partial charge is 0.300 e. The Bertz CT molecular complexity index is 1270. The lowest BCUT2D eigenvalue weighted by Gasteiger charge is -2.24. The second-order valence-electron chi connectivity index (χ2n) is 7.55. The standard InChI is InChI=1S/C24H17F2NO5/c25-15-6-7-16(26)17(12-15)27-21(19-4-2-10-32-19)20(23(29)24(27)30)22(28)14-5-8-18-13(11-14)3-1-9-31-18/h2,4-8,10-12,21,28H,1,3,9H2/b22-20-. The fraction of sp³-hybridized carbons (Fsp3) is 0.167. The van der Waals surface area contributed by atoms with Crippen LogP contribution in [0.25, 0.3) is 5.76 Å². The summed E-state index contributed by atoms with van der Waals surface area (Å²) in [6.07, 6.45) is 2.88. The molecule has 1 saturated heterocycles. The number of Topliss-reactive ketones (excluding diaryl/α,β-unsaturated/α-hetero) is 1. The minimum Gasteiger partial charge on any atom is -0.507 e. The van der Waals surface area contributed by atoms with E-state index in [0.717, 1.165) is 41.5 Å². The van der Waals surface area contributed by atoms with Crippen LogP contribution < -0.4 is 9.64 Å². The van der Waals surface area contributed by atoms with Gasteiger partial charge in [0.25, 0.3) is 11.7 Å². The van der Waals surface area contributed by atoms with E-state index in [9.17, 15) is 23.5 Å². The van der Waals surface area contributed by atoms with E-state index < -0.39 is 40.8 Å². The lowest BCUT2D eigenvalue weighted by Crippen LogP contribution is -2.30. The van der Waals surface area contributed by atoms with Crippen LogP contribution in [-0.2, 0) is 16.0 Å². The Hall–Kier alpha value is -3.94. The fourth-order valence-corrected chi connectivity index (χ4v) is 4.13. The third-order valence-electron chi connectivity index (χ3n) is 5.61. The maximum Gasteiger partial charge on any atom is 0.300 e. The van der Waals surface area contributed by atoms with Gasteiger partial charge >= 0.3 is 0 Å². The third-order valence-corrected chi connectivity index (χ3v) is 5.61. The second kappa shape index (κ2) is 7.64. The lowest BCUT2D eigenvalue weighted by molar-refractivity contribution is -0.132. The highest BCUT2D eigenvalue weighted by Gasteiger charge is 2.49. The number of hydrogen-bond donors (Lipinski definition) is 1. The number of benzene rings is 2. The normalized spacial score (nSPS) is 19.7. The van der Waals surface area contributed by atoms with Gasteiger partial charge in [-0.15, -0.1) is 0 Å². The predicted molar refractivity (Wildman–Crippen MR) is 110 cm³/mol. The number of aryl methyl sites for hydroxylation is 1. The Kier molecular flexibility index (Phi) is 4.77. The molecular weight excluding hydrogens is 420 g/mol. The third kappa shape index (κ3) is 3.15. The molecule has 8 heteroatoms. The molecule has 3 heterocycles. The molecule has 1 amide bonds. The highest BCUT2D eigenvalue weighted by Crippen LogP contribution is 2.43. The van der Waals surface area contributed by atoms with E-state index in [-0.39, 0.29) is 11.3 Å². The van der Waals surface area contributed by atoms with Crippen molar-refractivity contribution in [2.45, 2.75) is 18.9 Å².